The Morgan fingerprint density at radius 1 is 1.19 bits per heavy atom. The van der Waals surface area contributed by atoms with Crippen LogP contribution in [0.5, 0.6) is 5.75 Å². The van der Waals surface area contributed by atoms with Gasteiger partial charge in [0.2, 0.25) is 8.03 Å². The molecular weight excluding hydrogens is 480 g/mol. The summed E-state index contributed by atoms with van der Waals surface area (Å²) >= 11 is 0. The lowest BCUT2D eigenvalue weighted by Gasteiger charge is -2.21. The molecule has 1 aromatic heterocycles. The first-order valence-corrected chi connectivity index (χ1v) is 13.0. The van der Waals surface area contributed by atoms with Crippen LogP contribution in [0.4, 0.5) is 4.39 Å². The highest BCUT2D eigenvalue weighted by molar-refractivity contribution is 7.40. The second kappa shape index (κ2) is 11.2. The summed E-state index contributed by atoms with van der Waals surface area (Å²) in [5.74, 6) is 1.52. The predicted molar refractivity (Wildman–Crippen MR) is 137 cm³/mol. The fourth-order valence-electron chi connectivity index (χ4n) is 4.16. The number of halogens is 1. The molecule has 1 aliphatic rings. The topological polar surface area (TPSA) is 85.7 Å². The molecule has 0 radical (unpaired) electrons. The van der Waals surface area contributed by atoms with Gasteiger partial charge in [-0.15, -0.1) is 6.42 Å². The molecule has 0 aliphatic heterocycles. The van der Waals surface area contributed by atoms with Crippen LogP contribution in [0.25, 0.3) is 22.4 Å². The van der Waals surface area contributed by atoms with Crippen LogP contribution >= 0.6 is 8.03 Å². The Labute approximate surface area is 210 Å². The van der Waals surface area contributed by atoms with Gasteiger partial charge < -0.3 is 14.4 Å². The van der Waals surface area contributed by atoms with E-state index in [0.717, 1.165) is 29.7 Å². The van der Waals surface area contributed by atoms with Crippen LogP contribution in [0, 0.1) is 25.1 Å². The van der Waals surface area contributed by atoms with E-state index in [1.165, 1.54) is 19.2 Å². The number of nitrogens with zero attached hydrogens (tertiary/aromatic N) is 1. The lowest BCUT2D eigenvalue weighted by molar-refractivity contribution is -0.136. The van der Waals surface area contributed by atoms with Crippen LogP contribution < -0.4 is 4.74 Å². The van der Waals surface area contributed by atoms with E-state index < -0.39 is 32.2 Å². The normalized spacial score (nSPS) is 15.5. The average Bonchev–Trinajstić information content (AvgIpc) is 3.71. The fourth-order valence-corrected chi connectivity index (χ4v) is 4.98. The fraction of sp³-hybridized carbons (Fsp3) is 0.286. The van der Waals surface area contributed by atoms with Gasteiger partial charge in [-0.3, -0.25) is 9.36 Å². The molecule has 3 aromatic rings. The average molecular weight is 507 g/mol. The van der Waals surface area contributed by atoms with Crippen LogP contribution in [0.15, 0.2) is 54.6 Å². The Bertz CT molecular complexity index is 1320. The maximum Gasteiger partial charge on any atom is 0.313 e. The van der Waals surface area contributed by atoms with Crippen LogP contribution in [-0.2, 0) is 13.9 Å². The second-order valence-electron chi connectivity index (χ2n) is 8.74. The van der Waals surface area contributed by atoms with Gasteiger partial charge in [0.25, 0.3) is 0 Å². The van der Waals surface area contributed by atoms with Crippen molar-refractivity contribution < 1.29 is 28.1 Å². The number of hydrogen-bond acceptors (Lipinski definition) is 6. The van der Waals surface area contributed by atoms with Crippen LogP contribution in [0.2, 0.25) is 0 Å². The van der Waals surface area contributed by atoms with Gasteiger partial charge >= 0.3 is 5.97 Å². The summed E-state index contributed by atoms with van der Waals surface area (Å²) < 4.78 is 36.4. The summed E-state index contributed by atoms with van der Waals surface area (Å²) in [6.07, 6.45) is 5.32. The van der Waals surface area contributed by atoms with E-state index in [9.17, 15) is 18.9 Å². The zero-order valence-corrected chi connectivity index (χ0v) is 21.0. The zero-order valence-electron chi connectivity index (χ0n) is 20.0. The molecule has 2 aromatic carbocycles. The van der Waals surface area contributed by atoms with Crippen molar-refractivity contribution in [1.29, 1.82) is 0 Å². The van der Waals surface area contributed by atoms with E-state index in [4.69, 9.17) is 20.7 Å². The highest BCUT2D eigenvalue weighted by Crippen LogP contribution is 2.49. The molecule has 0 saturated heterocycles. The molecule has 1 aliphatic carbocycles. The third-order valence-corrected chi connectivity index (χ3v) is 7.64. The number of aliphatic hydroxyl groups is 1. The SMILES string of the molecule is C#CC(C(O)CC(=O)Oc1c(C2CC2)nc(-c2ccccc2)c(C)c1-c1ccc(F)cc1)[PH](=O)OC. The molecule has 1 fully saturated rings. The largest absolute Gasteiger partial charge is 0.424 e. The van der Waals surface area contributed by atoms with Crippen LogP contribution in [-0.4, -0.2) is 34.9 Å². The predicted octanol–water partition coefficient (Wildman–Crippen LogP) is 5.52. The first-order valence-electron chi connectivity index (χ1n) is 11.6. The van der Waals surface area contributed by atoms with Crippen molar-refractivity contribution >= 4 is 14.0 Å². The summed E-state index contributed by atoms with van der Waals surface area (Å²) in [6.45, 7) is 1.88. The monoisotopic (exact) mass is 507 g/mol. The minimum atomic E-state index is -2.73. The summed E-state index contributed by atoms with van der Waals surface area (Å²) in [5, 5.41) is 10.5. The third-order valence-electron chi connectivity index (χ3n) is 6.18. The number of carbonyl (C=O) groups excluding carboxylic acids is 1. The third kappa shape index (κ3) is 5.57. The number of aromatic nitrogens is 1. The highest BCUT2D eigenvalue weighted by Gasteiger charge is 2.34. The number of esters is 1. The van der Waals surface area contributed by atoms with Crippen molar-refractivity contribution in [3.8, 4) is 40.5 Å². The number of terminal acetylenes is 1. The summed E-state index contributed by atoms with van der Waals surface area (Å²) in [4.78, 5) is 17.9. The minimum absolute atomic E-state index is 0.114. The summed E-state index contributed by atoms with van der Waals surface area (Å²) in [5.41, 5.74) is 3.26. The maximum absolute atomic E-state index is 13.7. The number of rotatable bonds is 9. The van der Waals surface area contributed by atoms with E-state index in [2.05, 4.69) is 5.92 Å². The molecule has 0 amide bonds. The quantitative estimate of drug-likeness (QED) is 0.233. The number of benzene rings is 2. The van der Waals surface area contributed by atoms with Crippen LogP contribution in [0.1, 0.15) is 36.4 Å². The first kappa shape index (κ1) is 25.8. The summed E-state index contributed by atoms with van der Waals surface area (Å²) in [6, 6.07) is 15.7. The van der Waals surface area contributed by atoms with Gasteiger partial charge in [0.05, 0.1) is 23.9 Å². The Morgan fingerprint density at radius 3 is 2.44 bits per heavy atom. The number of hydrogen-bond donors (Lipinski definition) is 1. The first-order chi connectivity index (χ1) is 17.3. The molecule has 1 heterocycles. The van der Waals surface area contributed by atoms with E-state index >= 15 is 0 Å². The van der Waals surface area contributed by atoms with Gasteiger partial charge in [-0.05, 0) is 43.0 Å². The number of carbonyl (C=O) groups is 1. The van der Waals surface area contributed by atoms with Gasteiger partial charge in [-0.25, -0.2) is 9.37 Å². The number of aliphatic hydroxyl groups excluding tert-OH is 1. The van der Waals surface area contributed by atoms with Gasteiger partial charge in [-0.1, -0.05) is 48.4 Å². The molecule has 36 heavy (non-hydrogen) atoms. The molecule has 0 bridgehead atoms. The van der Waals surface area contributed by atoms with E-state index in [0.29, 0.717) is 16.8 Å². The molecule has 3 unspecified atom stereocenters. The van der Waals surface area contributed by atoms with Crippen molar-refractivity contribution in [3.63, 3.8) is 0 Å². The Kier molecular flexibility index (Phi) is 8.01. The molecular formula is C28H27FNO5P. The van der Waals surface area contributed by atoms with Crippen molar-refractivity contribution in [2.45, 2.75) is 43.9 Å². The van der Waals surface area contributed by atoms with Crippen molar-refractivity contribution in [2.24, 2.45) is 0 Å². The molecule has 8 heteroatoms. The second-order valence-corrected chi connectivity index (χ2v) is 10.4. The van der Waals surface area contributed by atoms with Crippen molar-refractivity contribution in [3.05, 3.63) is 71.7 Å². The Balaban J connectivity index is 1.79. The number of pyridine rings is 1. The smallest absolute Gasteiger partial charge is 0.313 e. The maximum atomic E-state index is 13.7. The molecule has 0 spiro atoms. The molecule has 1 N–H and O–H groups in total. The van der Waals surface area contributed by atoms with E-state index in [1.807, 2.05) is 37.3 Å². The standard InChI is InChI=1S/C28H27FNO5P/c1-4-23(36(33)34-3)22(31)16-24(32)35-28-25(18-12-14-21(29)15-13-18)17(2)26(19-8-6-5-7-9-19)30-27(28)20-10-11-20/h1,5-9,12-15,20,22-23,31,36H,10-11,16H2,2-3H3. The molecule has 4 rings (SSSR count). The lowest BCUT2D eigenvalue weighted by Crippen LogP contribution is -2.27. The summed E-state index contributed by atoms with van der Waals surface area (Å²) in [7, 11) is -1.50. The van der Waals surface area contributed by atoms with Gasteiger partial charge in [0, 0.05) is 24.2 Å². The molecule has 3 atom stereocenters. The van der Waals surface area contributed by atoms with E-state index in [-0.39, 0.29) is 17.5 Å². The highest BCUT2D eigenvalue weighted by atomic mass is 31.1. The molecule has 186 valence electrons. The molecule has 6 nitrogen and oxygen atoms in total. The zero-order chi connectivity index (χ0) is 25.8. The minimum Gasteiger partial charge on any atom is -0.424 e. The van der Waals surface area contributed by atoms with Crippen molar-refractivity contribution in [1.82, 2.24) is 4.98 Å². The van der Waals surface area contributed by atoms with Crippen LogP contribution in [0.3, 0.4) is 0 Å². The Hall–Kier alpha value is -3.30. The Morgan fingerprint density at radius 2 is 1.86 bits per heavy atom. The van der Waals surface area contributed by atoms with Crippen molar-refractivity contribution in [2.75, 3.05) is 7.11 Å². The van der Waals surface area contributed by atoms with Gasteiger partial charge in [-0.2, -0.15) is 0 Å². The van der Waals surface area contributed by atoms with E-state index in [1.54, 1.807) is 12.1 Å². The number of ether oxygens (including phenoxy) is 1. The van der Waals surface area contributed by atoms with Gasteiger partial charge in [0.15, 0.2) is 5.75 Å². The molecule has 1 saturated carbocycles. The lowest BCUT2D eigenvalue weighted by atomic mass is 9.94. The van der Waals surface area contributed by atoms with Gasteiger partial charge in [0.1, 0.15) is 11.5 Å².